The van der Waals surface area contributed by atoms with Crippen molar-refractivity contribution in [3.63, 3.8) is 0 Å². The van der Waals surface area contributed by atoms with Gasteiger partial charge < -0.3 is 9.47 Å². The number of hydrazone groups is 1. The average Bonchev–Trinajstić information content (AvgIpc) is 2.66. The van der Waals surface area contributed by atoms with E-state index in [1.54, 1.807) is 0 Å². The number of halogens is 5. The molecule has 0 radical (unpaired) electrons. The van der Waals surface area contributed by atoms with Crippen LogP contribution in [0.15, 0.2) is 23.3 Å². The number of hydrogen-bond donors (Lipinski definition) is 1. The highest BCUT2D eigenvalue weighted by atomic mass is 19.2. The van der Waals surface area contributed by atoms with Crippen LogP contribution in [-0.2, 0) is 0 Å². The molecule has 0 heterocycles. The molecule has 138 valence electrons. The molecule has 0 aliphatic rings. The third-order valence-corrected chi connectivity index (χ3v) is 3.22. The summed E-state index contributed by atoms with van der Waals surface area (Å²) in [7, 11) is 2.72. The van der Waals surface area contributed by atoms with Gasteiger partial charge in [0.2, 0.25) is 5.82 Å². The molecule has 1 N–H and O–H groups in total. The van der Waals surface area contributed by atoms with E-state index in [2.05, 4.69) is 5.10 Å². The predicted octanol–water partition coefficient (Wildman–Crippen LogP) is 3.16. The Morgan fingerprint density at radius 3 is 1.81 bits per heavy atom. The fraction of sp³-hybridized carbons (Fsp3) is 0.125. The molecule has 0 saturated heterocycles. The van der Waals surface area contributed by atoms with E-state index in [9.17, 15) is 26.7 Å². The SMILES string of the molecule is COc1cc(OC)cc(C(=O)N/N=C/c2c(F)c(F)c(F)c(F)c2F)c1. The molecular weight excluding hydrogens is 363 g/mol. The minimum atomic E-state index is -2.29. The van der Waals surface area contributed by atoms with Crippen molar-refractivity contribution in [2.24, 2.45) is 5.10 Å². The van der Waals surface area contributed by atoms with Crippen molar-refractivity contribution in [3.8, 4) is 11.5 Å². The number of methoxy groups -OCH3 is 2. The van der Waals surface area contributed by atoms with Gasteiger partial charge in [0.1, 0.15) is 11.5 Å². The van der Waals surface area contributed by atoms with Gasteiger partial charge in [-0.25, -0.2) is 27.4 Å². The fourth-order valence-electron chi connectivity index (χ4n) is 1.89. The number of carbonyl (C=O) groups is 1. The Balaban J connectivity index is 2.26. The Bertz CT molecular complexity index is 835. The first kappa shape index (κ1) is 19.2. The molecule has 2 aromatic carbocycles. The van der Waals surface area contributed by atoms with Gasteiger partial charge in [0.25, 0.3) is 5.91 Å². The molecule has 0 saturated carbocycles. The van der Waals surface area contributed by atoms with Crippen LogP contribution in [0.5, 0.6) is 11.5 Å². The van der Waals surface area contributed by atoms with Crippen LogP contribution in [-0.4, -0.2) is 26.3 Å². The summed E-state index contributed by atoms with van der Waals surface area (Å²) in [5, 5.41) is 3.22. The Kier molecular flexibility index (Phi) is 5.75. The van der Waals surface area contributed by atoms with E-state index in [-0.39, 0.29) is 5.56 Å². The van der Waals surface area contributed by atoms with E-state index < -0.39 is 40.6 Å². The first-order valence-corrected chi connectivity index (χ1v) is 6.88. The van der Waals surface area contributed by atoms with Gasteiger partial charge in [-0.15, -0.1) is 0 Å². The topological polar surface area (TPSA) is 59.9 Å². The van der Waals surface area contributed by atoms with Crippen molar-refractivity contribution in [1.29, 1.82) is 0 Å². The molecule has 0 fully saturated rings. The zero-order valence-electron chi connectivity index (χ0n) is 13.4. The minimum Gasteiger partial charge on any atom is -0.497 e. The molecule has 0 aliphatic carbocycles. The van der Waals surface area contributed by atoms with E-state index in [0.29, 0.717) is 17.7 Å². The van der Waals surface area contributed by atoms with Crippen LogP contribution < -0.4 is 14.9 Å². The van der Waals surface area contributed by atoms with Crippen LogP contribution in [0.25, 0.3) is 0 Å². The molecule has 0 spiro atoms. The number of nitrogens with zero attached hydrogens (tertiary/aromatic N) is 1. The van der Waals surface area contributed by atoms with Crippen molar-refractivity contribution < 1.29 is 36.2 Å². The standard InChI is InChI=1S/C16H11F5N2O3/c1-25-8-3-7(4-9(5-8)26-2)16(24)23-22-6-10-11(17)13(19)15(21)14(20)12(10)18/h3-6H,1-2H3,(H,23,24)/b22-6+. The first-order chi connectivity index (χ1) is 12.3. The lowest BCUT2D eigenvalue weighted by Crippen LogP contribution is -2.18. The Morgan fingerprint density at radius 2 is 1.35 bits per heavy atom. The molecule has 0 aliphatic heterocycles. The van der Waals surface area contributed by atoms with Crippen LogP contribution in [0.1, 0.15) is 15.9 Å². The van der Waals surface area contributed by atoms with Crippen LogP contribution in [0, 0.1) is 29.1 Å². The second kappa shape index (κ2) is 7.81. The van der Waals surface area contributed by atoms with Gasteiger partial charge in [-0.05, 0) is 12.1 Å². The smallest absolute Gasteiger partial charge is 0.271 e. The lowest BCUT2D eigenvalue weighted by molar-refractivity contribution is 0.0954. The third-order valence-electron chi connectivity index (χ3n) is 3.22. The number of rotatable bonds is 5. The summed E-state index contributed by atoms with van der Waals surface area (Å²) in [5.74, 6) is -10.9. The molecule has 0 bridgehead atoms. The van der Waals surface area contributed by atoms with Crippen LogP contribution in [0.2, 0.25) is 0 Å². The van der Waals surface area contributed by atoms with E-state index in [1.165, 1.54) is 32.4 Å². The molecule has 0 unspecified atom stereocenters. The van der Waals surface area contributed by atoms with Crippen molar-refractivity contribution in [2.75, 3.05) is 14.2 Å². The second-order valence-electron chi connectivity index (χ2n) is 4.78. The highest BCUT2D eigenvalue weighted by Crippen LogP contribution is 2.23. The quantitative estimate of drug-likeness (QED) is 0.288. The molecule has 2 aromatic rings. The number of ether oxygens (including phenoxy) is 2. The number of carbonyl (C=O) groups excluding carboxylic acids is 1. The second-order valence-corrected chi connectivity index (χ2v) is 4.78. The molecule has 26 heavy (non-hydrogen) atoms. The zero-order chi connectivity index (χ0) is 19.4. The van der Waals surface area contributed by atoms with E-state index in [4.69, 9.17) is 9.47 Å². The summed E-state index contributed by atoms with van der Waals surface area (Å²) in [4.78, 5) is 12.0. The van der Waals surface area contributed by atoms with Gasteiger partial charge in [0.05, 0.1) is 26.0 Å². The van der Waals surface area contributed by atoms with Gasteiger partial charge >= 0.3 is 0 Å². The molecular formula is C16H11F5N2O3. The molecule has 10 heteroatoms. The van der Waals surface area contributed by atoms with Gasteiger partial charge in [0.15, 0.2) is 23.3 Å². The average molecular weight is 374 g/mol. The van der Waals surface area contributed by atoms with Crippen molar-refractivity contribution in [1.82, 2.24) is 5.43 Å². The normalized spacial score (nSPS) is 10.9. The largest absolute Gasteiger partial charge is 0.497 e. The monoisotopic (exact) mass is 374 g/mol. The molecule has 0 atom stereocenters. The van der Waals surface area contributed by atoms with Gasteiger partial charge in [0, 0.05) is 11.6 Å². The lowest BCUT2D eigenvalue weighted by Gasteiger charge is -2.07. The van der Waals surface area contributed by atoms with E-state index in [0.717, 1.165) is 0 Å². The van der Waals surface area contributed by atoms with Crippen molar-refractivity contribution >= 4 is 12.1 Å². The highest BCUT2D eigenvalue weighted by Gasteiger charge is 2.24. The maximum Gasteiger partial charge on any atom is 0.271 e. The zero-order valence-corrected chi connectivity index (χ0v) is 13.4. The summed E-state index contributed by atoms with van der Waals surface area (Å²) < 4.78 is 76.0. The van der Waals surface area contributed by atoms with Crippen LogP contribution >= 0.6 is 0 Å². The highest BCUT2D eigenvalue weighted by molar-refractivity contribution is 5.95. The maximum absolute atomic E-state index is 13.5. The van der Waals surface area contributed by atoms with Crippen molar-refractivity contribution in [2.45, 2.75) is 0 Å². The van der Waals surface area contributed by atoms with Crippen LogP contribution in [0.3, 0.4) is 0 Å². The summed E-state index contributed by atoms with van der Waals surface area (Å²) in [6.45, 7) is 0. The fourth-order valence-corrected chi connectivity index (χ4v) is 1.89. The Labute approximate surface area is 144 Å². The number of benzene rings is 2. The summed E-state index contributed by atoms with van der Waals surface area (Å²) in [6, 6.07) is 4.15. The summed E-state index contributed by atoms with van der Waals surface area (Å²) in [5.41, 5.74) is 0.642. The van der Waals surface area contributed by atoms with Gasteiger partial charge in [-0.1, -0.05) is 0 Å². The number of nitrogens with one attached hydrogen (secondary N) is 1. The third kappa shape index (κ3) is 3.73. The van der Waals surface area contributed by atoms with Crippen molar-refractivity contribution in [3.05, 3.63) is 58.4 Å². The number of hydrogen-bond acceptors (Lipinski definition) is 4. The van der Waals surface area contributed by atoms with E-state index >= 15 is 0 Å². The first-order valence-electron chi connectivity index (χ1n) is 6.88. The summed E-state index contributed by atoms with van der Waals surface area (Å²) >= 11 is 0. The molecule has 2 rings (SSSR count). The minimum absolute atomic E-state index is 0.0239. The van der Waals surface area contributed by atoms with Crippen LogP contribution in [0.4, 0.5) is 22.0 Å². The van der Waals surface area contributed by atoms with Gasteiger partial charge in [-0.3, -0.25) is 4.79 Å². The Morgan fingerprint density at radius 1 is 0.885 bits per heavy atom. The molecule has 5 nitrogen and oxygen atoms in total. The van der Waals surface area contributed by atoms with E-state index in [1.807, 2.05) is 5.43 Å². The van der Waals surface area contributed by atoms with Gasteiger partial charge in [-0.2, -0.15) is 5.10 Å². The summed E-state index contributed by atoms with van der Waals surface area (Å²) in [6.07, 6.45) is 0.311. The number of amides is 1. The molecule has 0 aromatic heterocycles. The maximum atomic E-state index is 13.5. The molecule has 1 amide bonds. The Hall–Kier alpha value is -3.17. The lowest BCUT2D eigenvalue weighted by atomic mass is 10.2. The predicted molar refractivity (Wildman–Crippen MR) is 80.8 cm³/mol.